The largest absolute Gasteiger partial charge is 0.573 e. The van der Waals surface area contributed by atoms with Crippen LogP contribution in [0.2, 0.25) is 0 Å². The molecule has 0 spiro atoms. The van der Waals surface area contributed by atoms with Gasteiger partial charge in [-0.2, -0.15) is 4.39 Å². The van der Waals surface area contributed by atoms with E-state index in [1.807, 2.05) is 0 Å². The van der Waals surface area contributed by atoms with Crippen LogP contribution >= 0.6 is 0 Å². The lowest BCUT2D eigenvalue weighted by atomic mass is 10.3. The molecule has 0 saturated heterocycles. The van der Waals surface area contributed by atoms with Gasteiger partial charge in [-0.05, 0) is 0 Å². The van der Waals surface area contributed by atoms with Gasteiger partial charge in [-0.1, -0.05) is 0 Å². The number of aromatic nitrogens is 1. The second-order valence-electron chi connectivity index (χ2n) is 2.78. The monoisotopic (exact) mass is 276 g/mol. The summed E-state index contributed by atoms with van der Waals surface area (Å²) < 4.78 is 76.1. The molecule has 0 atom stereocenters. The zero-order valence-corrected chi connectivity index (χ0v) is 8.04. The van der Waals surface area contributed by atoms with Gasteiger partial charge >= 0.3 is 12.0 Å². The molecule has 0 aromatic carbocycles. The average Bonchev–Trinajstić information content (AvgIpc) is 2.17. The molecule has 0 fully saturated rings. The van der Waals surface area contributed by atoms with Crippen LogP contribution in [0.25, 0.3) is 0 Å². The Bertz CT molecular complexity index is 475. The summed E-state index contributed by atoms with van der Waals surface area (Å²) in [6, 6.07) is 0. The van der Waals surface area contributed by atoms with E-state index in [0.717, 1.165) is 0 Å². The molecule has 0 aliphatic heterocycles. The van der Waals surface area contributed by atoms with Gasteiger partial charge in [0.15, 0.2) is 11.4 Å². The van der Waals surface area contributed by atoms with Gasteiger partial charge in [0.1, 0.15) is 0 Å². The van der Waals surface area contributed by atoms with Crippen molar-refractivity contribution in [3.8, 4) is 5.75 Å². The molecule has 100 valence electrons. The fourth-order valence-corrected chi connectivity index (χ4v) is 1.00. The van der Waals surface area contributed by atoms with Crippen LogP contribution in [-0.2, 0) is 0 Å². The van der Waals surface area contributed by atoms with Crippen LogP contribution in [0.5, 0.6) is 5.75 Å². The normalized spacial score (nSPS) is 11.7. The Kier molecular flexibility index (Phi) is 3.62. The average molecular weight is 276 g/mol. The van der Waals surface area contributed by atoms with Crippen molar-refractivity contribution in [2.24, 2.45) is 0 Å². The van der Waals surface area contributed by atoms with Crippen molar-refractivity contribution >= 4 is 5.69 Å². The Morgan fingerprint density at radius 3 is 2.33 bits per heavy atom. The quantitative estimate of drug-likeness (QED) is 0.483. The van der Waals surface area contributed by atoms with Gasteiger partial charge < -0.3 is 4.74 Å². The molecular weight excluding hydrogens is 274 g/mol. The topological polar surface area (TPSA) is 65.3 Å². The molecule has 1 heterocycles. The SMILES string of the molecule is O=[N+]([O-])c1c(C(F)F)ncc(OC(F)(F)F)c1F. The Morgan fingerprint density at radius 2 is 1.94 bits per heavy atom. The number of rotatable bonds is 3. The Hall–Kier alpha value is -2.07. The molecule has 0 aliphatic carbocycles. The maximum absolute atomic E-state index is 13.2. The van der Waals surface area contributed by atoms with E-state index in [2.05, 4.69) is 9.72 Å². The maximum atomic E-state index is 13.2. The van der Waals surface area contributed by atoms with E-state index < -0.39 is 40.7 Å². The number of hydrogen-bond acceptors (Lipinski definition) is 4. The fourth-order valence-electron chi connectivity index (χ4n) is 1.00. The maximum Gasteiger partial charge on any atom is 0.573 e. The minimum atomic E-state index is -5.33. The molecule has 11 heteroatoms. The lowest BCUT2D eigenvalue weighted by molar-refractivity contribution is -0.389. The zero-order valence-electron chi connectivity index (χ0n) is 8.04. The van der Waals surface area contributed by atoms with E-state index in [1.165, 1.54) is 0 Å². The second-order valence-corrected chi connectivity index (χ2v) is 2.78. The number of ether oxygens (including phenoxy) is 1. The number of halogens is 6. The first-order valence-electron chi connectivity index (χ1n) is 4.00. The third-order valence-electron chi connectivity index (χ3n) is 1.60. The van der Waals surface area contributed by atoms with Crippen LogP contribution in [0, 0.1) is 15.9 Å². The Labute approximate surface area is 94.1 Å². The smallest absolute Gasteiger partial charge is 0.401 e. The second kappa shape index (κ2) is 4.66. The summed E-state index contributed by atoms with van der Waals surface area (Å²) >= 11 is 0. The number of nitro groups is 1. The van der Waals surface area contributed by atoms with Gasteiger partial charge in [-0.3, -0.25) is 10.1 Å². The predicted octanol–water partition coefficient (Wildman–Crippen LogP) is 2.97. The molecule has 0 N–H and O–H groups in total. The summed E-state index contributed by atoms with van der Waals surface area (Å²) in [5, 5.41) is 10.3. The van der Waals surface area contributed by atoms with E-state index in [9.17, 15) is 36.5 Å². The van der Waals surface area contributed by atoms with Crippen molar-refractivity contribution in [1.82, 2.24) is 4.98 Å². The van der Waals surface area contributed by atoms with E-state index >= 15 is 0 Å². The molecule has 0 unspecified atom stereocenters. The minimum Gasteiger partial charge on any atom is -0.401 e. The van der Waals surface area contributed by atoms with Crippen LogP contribution in [0.1, 0.15) is 12.1 Å². The fraction of sp³-hybridized carbons (Fsp3) is 0.286. The Morgan fingerprint density at radius 1 is 1.39 bits per heavy atom. The highest BCUT2D eigenvalue weighted by Gasteiger charge is 2.37. The molecule has 18 heavy (non-hydrogen) atoms. The third kappa shape index (κ3) is 2.99. The van der Waals surface area contributed by atoms with Crippen molar-refractivity contribution in [2.75, 3.05) is 0 Å². The van der Waals surface area contributed by atoms with E-state index in [1.54, 1.807) is 0 Å². The third-order valence-corrected chi connectivity index (χ3v) is 1.60. The molecule has 0 amide bonds. The summed E-state index contributed by atoms with van der Waals surface area (Å²) in [5.74, 6) is -3.82. The minimum absolute atomic E-state index is 0.00266. The van der Waals surface area contributed by atoms with Crippen molar-refractivity contribution in [3.05, 3.63) is 27.8 Å². The molecular formula is C7H2F6N2O3. The van der Waals surface area contributed by atoms with Crippen LogP contribution in [0.4, 0.5) is 32.0 Å². The Balaban J connectivity index is 3.35. The number of alkyl halides is 5. The van der Waals surface area contributed by atoms with Gasteiger partial charge in [0.2, 0.25) is 5.82 Å². The van der Waals surface area contributed by atoms with E-state index in [0.29, 0.717) is 0 Å². The van der Waals surface area contributed by atoms with Crippen molar-refractivity contribution < 1.29 is 36.0 Å². The summed E-state index contributed by atoms with van der Waals surface area (Å²) in [7, 11) is 0. The molecule has 1 aromatic rings. The standard InChI is InChI=1S/C7H2F6N2O3/c8-3-2(18-7(11,12)13)1-14-4(6(9)10)5(3)15(16)17/h1,6H. The van der Waals surface area contributed by atoms with Crippen molar-refractivity contribution in [3.63, 3.8) is 0 Å². The molecule has 0 saturated carbocycles. The van der Waals surface area contributed by atoms with Crippen molar-refractivity contribution in [1.29, 1.82) is 0 Å². The predicted molar refractivity (Wildman–Crippen MR) is 42.5 cm³/mol. The molecule has 0 radical (unpaired) electrons. The van der Waals surface area contributed by atoms with Crippen molar-refractivity contribution in [2.45, 2.75) is 12.8 Å². The number of pyridine rings is 1. The van der Waals surface area contributed by atoms with Crippen LogP contribution in [0.15, 0.2) is 6.20 Å². The van der Waals surface area contributed by atoms with Gasteiger partial charge in [0.25, 0.3) is 6.43 Å². The molecule has 5 nitrogen and oxygen atoms in total. The first-order valence-corrected chi connectivity index (χ1v) is 4.00. The molecule has 0 bridgehead atoms. The van der Waals surface area contributed by atoms with Gasteiger partial charge in [-0.25, -0.2) is 13.8 Å². The van der Waals surface area contributed by atoms with Crippen LogP contribution in [0.3, 0.4) is 0 Å². The first-order chi connectivity index (χ1) is 8.13. The van der Waals surface area contributed by atoms with Crippen LogP contribution in [-0.4, -0.2) is 16.3 Å². The highest BCUT2D eigenvalue weighted by Crippen LogP contribution is 2.35. The summed E-state index contributed by atoms with van der Waals surface area (Å²) in [4.78, 5) is 11.4. The first kappa shape index (κ1) is 14.0. The lowest BCUT2D eigenvalue weighted by Gasteiger charge is -2.10. The van der Waals surface area contributed by atoms with E-state index in [-0.39, 0.29) is 6.20 Å². The summed E-state index contributed by atoms with van der Waals surface area (Å²) in [6.45, 7) is 0. The highest BCUT2D eigenvalue weighted by molar-refractivity contribution is 5.43. The highest BCUT2D eigenvalue weighted by atomic mass is 19.4. The number of hydrogen-bond donors (Lipinski definition) is 0. The van der Waals surface area contributed by atoms with Crippen LogP contribution < -0.4 is 4.74 Å². The van der Waals surface area contributed by atoms with Gasteiger partial charge in [-0.15, -0.1) is 13.2 Å². The van der Waals surface area contributed by atoms with Gasteiger partial charge in [0.05, 0.1) is 11.1 Å². The van der Waals surface area contributed by atoms with Gasteiger partial charge in [0, 0.05) is 0 Å². The zero-order chi connectivity index (χ0) is 14.1. The number of nitrogens with zero attached hydrogens (tertiary/aromatic N) is 2. The molecule has 1 rings (SSSR count). The van der Waals surface area contributed by atoms with E-state index in [4.69, 9.17) is 0 Å². The summed E-state index contributed by atoms with van der Waals surface area (Å²) in [5.41, 5.74) is -3.43. The molecule has 0 aliphatic rings. The lowest BCUT2D eigenvalue weighted by Crippen LogP contribution is -2.19. The molecule has 1 aromatic heterocycles. The summed E-state index contributed by atoms with van der Waals surface area (Å²) in [6.07, 6.45) is -8.85.